The number of carbonyl (C=O) groups is 1. The summed E-state index contributed by atoms with van der Waals surface area (Å²) in [6, 6.07) is 6.24. The van der Waals surface area contributed by atoms with Crippen molar-refractivity contribution in [2.45, 2.75) is 44.9 Å². The minimum Gasteiger partial charge on any atom is -0.475 e. The molecule has 0 saturated heterocycles. The first-order chi connectivity index (χ1) is 12.0. The standard InChI is InChI=1S/C15H22BrFN2.C2HF3O2/c1-10(2)15(19(9-8-18)11-6-7-11)12-4-3-5-13(16)14(12)17;3-2(4,5)1(6)7/h3-5,10-11,15H,6-9,18H2,1-2H3;(H,6,7). The van der Waals surface area contributed by atoms with E-state index in [-0.39, 0.29) is 11.9 Å². The second-order valence-electron chi connectivity index (χ2n) is 6.39. The van der Waals surface area contributed by atoms with Crippen LogP contribution >= 0.6 is 15.9 Å². The third-order valence-electron chi connectivity index (χ3n) is 3.93. The number of aliphatic carboxylic acids is 1. The van der Waals surface area contributed by atoms with Crippen LogP contribution in [0.2, 0.25) is 0 Å². The molecule has 1 saturated carbocycles. The van der Waals surface area contributed by atoms with Crippen molar-refractivity contribution < 1.29 is 27.5 Å². The summed E-state index contributed by atoms with van der Waals surface area (Å²) in [7, 11) is 0. The molecular formula is C17H23BrF4N2O2. The average molecular weight is 443 g/mol. The largest absolute Gasteiger partial charge is 0.490 e. The van der Waals surface area contributed by atoms with Gasteiger partial charge in [0.1, 0.15) is 5.82 Å². The molecular weight excluding hydrogens is 420 g/mol. The third kappa shape index (κ3) is 6.51. The van der Waals surface area contributed by atoms with E-state index in [1.165, 1.54) is 12.8 Å². The highest BCUT2D eigenvalue weighted by atomic mass is 79.9. The third-order valence-corrected chi connectivity index (χ3v) is 4.55. The number of rotatable bonds is 6. The van der Waals surface area contributed by atoms with Gasteiger partial charge in [0.2, 0.25) is 0 Å². The number of alkyl halides is 3. The minimum absolute atomic E-state index is 0.105. The molecule has 1 fully saturated rings. The SMILES string of the molecule is CC(C)C(c1cccc(Br)c1F)N(CCN)C1CC1.O=C(O)C(F)(F)F. The van der Waals surface area contributed by atoms with Gasteiger partial charge >= 0.3 is 12.1 Å². The monoisotopic (exact) mass is 442 g/mol. The number of carboxylic acid groups (broad SMARTS) is 1. The fourth-order valence-electron chi connectivity index (χ4n) is 2.77. The maximum atomic E-state index is 14.4. The minimum atomic E-state index is -5.08. The van der Waals surface area contributed by atoms with Crippen LogP contribution in [0.4, 0.5) is 17.6 Å². The van der Waals surface area contributed by atoms with Crippen molar-refractivity contribution in [2.24, 2.45) is 11.7 Å². The predicted octanol–water partition coefficient (Wildman–Crippen LogP) is 4.34. The number of hydrogen-bond donors (Lipinski definition) is 2. The van der Waals surface area contributed by atoms with Gasteiger partial charge in [-0.25, -0.2) is 9.18 Å². The molecule has 4 nitrogen and oxygen atoms in total. The number of nitrogens with two attached hydrogens (primary N) is 1. The summed E-state index contributed by atoms with van der Waals surface area (Å²) in [5.74, 6) is -2.53. The Morgan fingerprint density at radius 2 is 1.92 bits per heavy atom. The molecule has 0 bridgehead atoms. The Hall–Kier alpha value is -1.19. The molecule has 0 amide bonds. The van der Waals surface area contributed by atoms with Crippen molar-refractivity contribution in [3.63, 3.8) is 0 Å². The molecule has 9 heteroatoms. The molecule has 0 aromatic heterocycles. The first kappa shape index (κ1) is 22.9. The Bertz CT molecular complexity index is 607. The summed E-state index contributed by atoms with van der Waals surface area (Å²) >= 11 is 3.29. The summed E-state index contributed by atoms with van der Waals surface area (Å²) in [5.41, 5.74) is 6.52. The number of hydrogen-bond acceptors (Lipinski definition) is 3. The zero-order chi connectivity index (χ0) is 20.1. The van der Waals surface area contributed by atoms with E-state index in [0.29, 0.717) is 23.0 Å². The van der Waals surface area contributed by atoms with Gasteiger partial charge in [0.25, 0.3) is 0 Å². The van der Waals surface area contributed by atoms with Crippen LogP contribution < -0.4 is 5.73 Å². The summed E-state index contributed by atoms with van der Waals surface area (Å²) in [6.07, 6.45) is -2.67. The summed E-state index contributed by atoms with van der Waals surface area (Å²) < 4.78 is 46.7. The number of halogens is 5. The molecule has 1 aliphatic carbocycles. The van der Waals surface area contributed by atoms with Crippen LogP contribution in [-0.4, -0.2) is 41.3 Å². The van der Waals surface area contributed by atoms with Gasteiger partial charge in [0.05, 0.1) is 4.47 Å². The Labute approximate surface area is 158 Å². The molecule has 148 valence electrons. The smallest absolute Gasteiger partial charge is 0.475 e. The van der Waals surface area contributed by atoms with E-state index >= 15 is 0 Å². The van der Waals surface area contributed by atoms with Gasteiger partial charge in [-0.05, 0) is 40.8 Å². The maximum Gasteiger partial charge on any atom is 0.490 e. The van der Waals surface area contributed by atoms with E-state index in [1.54, 1.807) is 6.07 Å². The highest BCUT2D eigenvalue weighted by molar-refractivity contribution is 9.10. The first-order valence-electron chi connectivity index (χ1n) is 8.20. The molecule has 1 aliphatic rings. The van der Waals surface area contributed by atoms with E-state index in [0.717, 1.165) is 12.1 Å². The van der Waals surface area contributed by atoms with Gasteiger partial charge in [-0.2, -0.15) is 13.2 Å². The van der Waals surface area contributed by atoms with Gasteiger partial charge in [0.15, 0.2) is 0 Å². The van der Waals surface area contributed by atoms with Crippen molar-refractivity contribution >= 4 is 21.9 Å². The van der Waals surface area contributed by atoms with Crippen molar-refractivity contribution in [1.82, 2.24) is 4.90 Å². The lowest BCUT2D eigenvalue weighted by molar-refractivity contribution is -0.192. The maximum absolute atomic E-state index is 14.4. The van der Waals surface area contributed by atoms with Gasteiger partial charge in [-0.15, -0.1) is 0 Å². The number of nitrogens with zero attached hydrogens (tertiary/aromatic N) is 1. The Morgan fingerprint density at radius 3 is 2.31 bits per heavy atom. The zero-order valence-electron chi connectivity index (χ0n) is 14.6. The van der Waals surface area contributed by atoms with Gasteiger partial charge in [0, 0.05) is 30.7 Å². The van der Waals surface area contributed by atoms with Crippen LogP contribution in [0.15, 0.2) is 22.7 Å². The van der Waals surface area contributed by atoms with Gasteiger partial charge in [-0.3, -0.25) is 4.90 Å². The van der Waals surface area contributed by atoms with Crippen molar-refractivity contribution in [3.8, 4) is 0 Å². The van der Waals surface area contributed by atoms with Gasteiger partial charge in [-0.1, -0.05) is 26.0 Å². The van der Waals surface area contributed by atoms with E-state index in [4.69, 9.17) is 15.6 Å². The second kappa shape index (κ2) is 9.66. The summed E-state index contributed by atoms with van der Waals surface area (Å²) in [5, 5.41) is 7.12. The molecule has 0 radical (unpaired) electrons. The molecule has 3 N–H and O–H groups in total. The fourth-order valence-corrected chi connectivity index (χ4v) is 3.16. The second-order valence-corrected chi connectivity index (χ2v) is 7.25. The fraction of sp³-hybridized carbons (Fsp3) is 0.588. The molecule has 1 aromatic rings. The topological polar surface area (TPSA) is 66.6 Å². The lowest BCUT2D eigenvalue weighted by Gasteiger charge is -2.35. The van der Waals surface area contributed by atoms with E-state index in [2.05, 4.69) is 34.7 Å². The Kier molecular flexibility index (Phi) is 8.49. The molecule has 0 spiro atoms. The molecule has 0 aliphatic heterocycles. The summed E-state index contributed by atoms with van der Waals surface area (Å²) in [6.45, 7) is 5.75. The molecule has 0 heterocycles. The molecule has 1 atom stereocenters. The normalized spacial score (nSPS) is 15.6. The Morgan fingerprint density at radius 1 is 1.38 bits per heavy atom. The average Bonchev–Trinajstić information content (AvgIpc) is 3.35. The van der Waals surface area contributed by atoms with E-state index in [1.807, 2.05) is 12.1 Å². The summed E-state index contributed by atoms with van der Waals surface area (Å²) in [4.78, 5) is 11.3. The van der Waals surface area contributed by atoms with Gasteiger partial charge < -0.3 is 10.8 Å². The predicted molar refractivity (Wildman–Crippen MR) is 94.2 cm³/mol. The van der Waals surface area contributed by atoms with Crippen LogP contribution in [0.25, 0.3) is 0 Å². The van der Waals surface area contributed by atoms with Crippen molar-refractivity contribution in [2.75, 3.05) is 13.1 Å². The molecule has 1 aromatic carbocycles. The van der Waals surface area contributed by atoms with E-state index in [9.17, 15) is 17.6 Å². The highest BCUT2D eigenvalue weighted by Gasteiger charge is 2.38. The van der Waals surface area contributed by atoms with E-state index < -0.39 is 12.1 Å². The van der Waals surface area contributed by atoms with Crippen LogP contribution in [0.1, 0.15) is 38.3 Å². The van der Waals surface area contributed by atoms with Crippen LogP contribution in [0.3, 0.4) is 0 Å². The first-order valence-corrected chi connectivity index (χ1v) is 8.99. The molecule has 1 unspecified atom stereocenters. The van der Waals surface area contributed by atoms with Crippen molar-refractivity contribution in [3.05, 3.63) is 34.1 Å². The lowest BCUT2D eigenvalue weighted by atomic mass is 9.93. The zero-order valence-corrected chi connectivity index (χ0v) is 16.1. The number of benzene rings is 1. The van der Waals surface area contributed by atoms with Crippen molar-refractivity contribution in [1.29, 1.82) is 0 Å². The highest BCUT2D eigenvalue weighted by Crippen LogP contribution is 2.39. The molecule has 26 heavy (non-hydrogen) atoms. The quantitative estimate of drug-likeness (QED) is 0.642. The van der Waals surface area contributed by atoms with Crippen LogP contribution in [0.5, 0.6) is 0 Å². The molecule has 2 rings (SSSR count). The van der Waals surface area contributed by atoms with Crippen LogP contribution in [0, 0.1) is 11.7 Å². The Balaban J connectivity index is 0.000000412. The lowest BCUT2D eigenvalue weighted by Crippen LogP contribution is -2.38. The number of carboxylic acids is 1. The van der Waals surface area contributed by atoms with Crippen LogP contribution in [-0.2, 0) is 4.79 Å².